The van der Waals surface area contributed by atoms with Crippen molar-refractivity contribution in [3.63, 3.8) is 0 Å². The average Bonchev–Trinajstić information content (AvgIpc) is 2.54. The lowest BCUT2D eigenvalue weighted by Crippen LogP contribution is -2.03. The number of ether oxygens (including phenoxy) is 1. The number of benzene rings is 3. The van der Waals surface area contributed by atoms with E-state index in [2.05, 4.69) is 4.74 Å². The summed E-state index contributed by atoms with van der Waals surface area (Å²) < 4.78 is 60.2. The fraction of sp³-hybridized carbons (Fsp3) is 0.0588. The van der Waals surface area contributed by atoms with Crippen molar-refractivity contribution < 1.29 is 22.3 Å². The largest absolute Gasteiger partial charge is 0.491 e. The molecule has 0 atom stereocenters. The number of halogens is 4. The molecule has 0 aliphatic carbocycles. The third-order valence-corrected chi connectivity index (χ3v) is 3.47. The molecule has 0 unspecified atom stereocenters. The first-order valence-corrected chi connectivity index (χ1v) is 6.43. The molecule has 0 amide bonds. The van der Waals surface area contributed by atoms with Gasteiger partial charge in [-0.15, -0.1) is 0 Å². The highest BCUT2D eigenvalue weighted by atomic mass is 19.2. The molecule has 22 heavy (non-hydrogen) atoms. The van der Waals surface area contributed by atoms with Gasteiger partial charge in [0.25, 0.3) is 0 Å². The molecule has 0 spiro atoms. The van der Waals surface area contributed by atoms with E-state index in [1.165, 1.54) is 12.1 Å². The third-order valence-electron chi connectivity index (χ3n) is 3.47. The molecule has 0 heterocycles. The summed E-state index contributed by atoms with van der Waals surface area (Å²) in [6.07, 6.45) is 0. The van der Waals surface area contributed by atoms with Crippen molar-refractivity contribution in [3.8, 4) is 16.9 Å². The molecule has 5 heteroatoms. The van der Waals surface area contributed by atoms with E-state index in [0.29, 0.717) is 5.39 Å². The normalized spacial score (nSPS) is 11.0. The van der Waals surface area contributed by atoms with E-state index in [-0.39, 0.29) is 5.56 Å². The van der Waals surface area contributed by atoms with Gasteiger partial charge in [0.1, 0.15) is 0 Å². The molecule has 3 aromatic rings. The van der Waals surface area contributed by atoms with E-state index >= 15 is 0 Å². The van der Waals surface area contributed by atoms with Crippen LogP contribution in [-0.4, -0.2) is 7.11 Å². The van der Waals surface area contributed by atoms with E-state index in [1.807, 2.05) is 12.1 Å². The number of methoxy groups -OCH3 is 1. The summed E-state index contributed by atoms with van der Waals surface area (Å²) >= 11 is 0. The van der Waals surface area contributed by atoms with Crippen LogP contribution in [0.5, 0.6) is 5.75 Å². The highest BCUT2D eigenvalue weighted by Crippen LogP contribution is 2.36. The predicted molar refractivity (Wildman–Crippen MR) is 75.8 cm³/mol. The summed E-state index contributed by atoms with van der Waals surface area (Å²) in [5.74, 6) is -7.13. The Kier molecular flexibility index (Phi) is 3.48. The first-order valence-electron chi connectivity index (χ1n) is 6.43. The summed E-state index contributed by atoms with van der Waals surface area (Å²) in [6.45, 7) is 0. The minimum atomic E-state index is -1.55. The average molecular weight is 306 g/mol. The molecule has 0 aliphatic rings. The molecule has 0 aromatic heterocycles. The van der Waals surface area contributed by atoms with Crippen molar-refractivity contribution >= 4 is 10.8 Å². The van der Waals surface area contributed by atoms with E-state index in [4.69, 9.17) is 0 Å². The molecule has 0 saturated carbocycles. The topological polar surface area (TPSA) is 9.23 Å². The third kappa shape index (κ3) is 2.09. The highest BCUT2D eigenvalue weighted by Gasteiger charge is 2.27. The summed E-state index contributed by atoms with van der Waals surface area (Å²) in [5.41, 5.74) is -0.698. The number of rotatable bonds is 2. The van der Waals surface area contributed by atoms with Gasteiger partial charge in [-0.05, 0) is 22.4 Å². The van der Waals surface area contributed by atoms with Crippen LogP contribution in [-0.2, 0) is 0 Å². The summed E-state index contributed by atoms with van der Waals surface area (Å²) in [6, 6.07) is 11.6. The van der Waals surface area contributed by atoms with Crippen molar-refractivity contribution in [3.05, 3.63) is 65.7 Å². The van der Waals surface area contributed by atoms with Gasteiger partial charge in [-0.2, -0.15) is 8.78 Å². The summed E-state index contributed by atoms with van der Waals surface area (Å²) in [7, 11) is 0.941. The smallest absolute Gasteiger partial charge is 0.204 e. The lowest BCUT2D eigenvalue weighted by molar-refractivity contribution is 0.334. The van der Waals surface area contributed by atoms with Gasteiger partial charge in [0.2, 0.25) is 11.6 Å². The molecule has 0 fully saturated rings. The lowest BCUT2D eigenvalue weighted by Gasteiger charge is -2.11. The van der Waals surface area contributed by atoms with E-state index in [9.17, 15) is 17.6 Å². The van der Waals surface area contributed by atoms with Gasteiger partial charge < -0.3 is 4.74 Å². The Morgan fingerprint density at radius 3 is 1.91 bits per heavy atom. The molecular weight excluding hydrogens is 296 g/mol. The maximum atomic E-state index is 14.1. The Labute approximate surface area is 123 Å². The fourth-order valence-corrected chi connectivity index (χ4v) is 2.39. The van der Waals surface area contributed by atoms with Gasteiger partial charge in [-0.1, -0.05) is 36.4 Å². The standard InChI is InChI=1S/C17H10F4O/c1-22-17-15(20)13(18)12(14(19)16(17)21)11-7-6-9-4-2-3-5-10(9)8-11/h2-8H,1H3. The lowest BCUT2D eigenvalue weighted by atomic mass is 9.99. The van der Waals surface area contributed by atoms with Crippen molar-refractivity contribution in [1.82, 2.24) is 0 Å². The molecule has 0 radical (unpaired) electrons. The van der Waals surface area contributed by atoms with Gasteiger partial charge in [-0.25, -0.2) is 8.78 Å². The Balaban J connectivity index is 2.30. The minimum Gasteiger partial charge on any atom is -0.491 e. The predicted octanol–water partition coefficient (Wildman–Crippen LogP) is 5.07. The van der Waals surface area contributed by atoms with Crippen LogP contribution in [0.4, 0.5) is 17.6 Å². The van der Waals surface area contributed by atoms with Gasteiger partial charge in [0.05, 0.1) is 12.7 Å². The molecule has 1 nitrogen and oxygen atoms in total. The molecule has 112 valence electrons. The van der Waals surface area contributed by atoms with Crippen molar-refractivity contribution in [2.75, 3.05) is 7.11 Å². The van der Waals surface area contributed by atoms with Gasteiger partial charge in [-0.3, -0.25) is 0 Å². The number of fused-ring (bicyclic) bond motifs is 1. The van der Waals surface area contributed by atoms with Crippen molar-refractivity contribution in [2.45, 2.75) is 0 Å². The summed E-state index contributed by atoms with van der Waals surface area (Å²) in [4.78, 5) is 0. The second-order valence-electron chi connectivity index (χ2n) is 4.73. The van der Waals surface area contributed by atoms with E-state index < -0.39 is 34.6 Å². The van der Waals surface area contributed by atoms with Crippen LogP contribution in [0.3, 0.4) is 0 Å². The van der Waals surface area contributed by atoms with Crippen LogP contribution < -0.4 is 4.74 Å². The van der Waals surface area contributed by atoms with Crippen LogP contribution in [0.15, 0.2) is 42.5 Å². The second kappa shape index (κ2) is 5.33. The Bertz CT molecular complexity index is 845. The molecule has 0 aliphatic heterocycles. The van der Waals surface area contributed by atoms with Gasteiger partial charge in [0.15, 0.2) is 17.4 Å². The molecule has 3 aromatic carbocycles. The van der Waals surface area contributed by atoms with Gasteiger partial charge >= 0.3 is 0 Å². The molecular formula is C17H10F4O. The first-order chi connectivity index (χ1) is 10.5. The van der Waals surface area contributed by atoms with Gasteiger partial charge in [0, 0.05) is 0 Å². The molecule has 0 bridgehead atoms. The van der Waals surface area contributed by atoms with Crippen molar-refractivity contribution in [1.29, 1.82) is 0 Å². The molecule has 0 N–H and O–H groups in total. The Morgan fingerprint density at radius 1 is 0.727 bits per heavy atom. The van der Waals surface area contributed by atoms with Crippen LogP contribution >= 0.6 is 0 Å². The monoisotopic (exact) mass is 306 g/mol. The molecule has 0 saturated heterocycles. The van der Waals surface area contributed by atoms with Crippen LogP contribution in [0.2, 0.25) is 0 Å². The Morgan fingerprint density at radius 2 is 1.32 bits per heavy atom. The van der Waals surface area contributed by atoms with Crippen LogP contribution in [0.25, 0.3) is 21.9 Å². The highest BCUT2D eigenvalue weighted by molar-refractivity contribution is 5.87. The van der Waals surface area contributed by atoms with Crippen LogP contribution in [0.1, 0.15) is 0 Å². The zero-order valence-corrected chi connectivity index (χ0v) is 11.5. The minimum absolute atomic E-state index is 0.0501. The van der Waals surface area contributed by atoms with Crippen molar-refractivity contribution in [2.24, 2.45) is 0 Å². The SMILES string of the molecule is COc1c(F)c(F)c(-c2ccc3ccccc3c2)c(F)c1F. The van der Waals surface area contributed by atoms with Crippen LogP contribution in [0, 0.1) is 23.3 Å². The summed E-state index contributed by atoms with van der Waals surface area (Å²) in [5, 5.41) is 1.55. The zero-order valence-electron chi connectivity index (χ0n) is 11.5. The number of hydrogen-bond acceptors (Lipinski definition) is 1. The second-order valence-corrected chi connectivity index (χ2v) is 4.73. The van der Waals surface area contributed by atoms with E-state index in [0.717, 1.165) is 12.5 Å². The zero-order chi connectivity index (χ0) is 15.9. The first kappa shape index (κ1) is 14.4. The quantitative estimate of drug-likeness (QED) is 0.474. The maximum Gasteiger partial charge on any atom is 0.204 e. The number of hydrogen-bond donors (Lipinski definition) is 0. The molecule has 3 rings (SSSR count). The fourth-order valence-electron chi connectivity index (χ4n) is 2.39. The Hall–Kier alpha value is -2.56. The maximum absolute atomic E-state index is 14.1. The van der Waals surface area contributed by atoms with E-state index in [1.54, 1.807) is 18.2 Å².